The molecule has 1 aliphatic heterocycles. The largest absolute Gasteiger partial charge is 0.497 e. The summed E-state index contributed by atoms with van der Waals surface area (Å²) in [6.45, 7) is 5.28. The van der Waals surface area contributed by atoms with Gasteiger partial charge >= 0.3 is 0 Å². The van der Waals surface area contributed by atoms with Crippen LogP contribution in [0.2, 0.25) is 0 Å². The van der Waals surface area contributed by atoms with Gasteiger partial charge in [-0.15, -0.1) is 11.0 Å². The number of hydrogen-bond donors (Lipinski definition) is 1. The summed E-state index contributed by atoms with van der Waals surface area (Å²) < 4.78 is 34.6. The Labute approximate surface area is 211 Å². The minimum atomic E-state index is -3.56. The van der Waals surface area contributed by atoms with Crippen LogP contribution in [0.15, 0.2) is 71.6 Å². The molecule has 0 atom stereocenters. The maximum atomic E-state index is 13.2. The number of likely N-dealkylation sites (tertiary alicyclic amines) is 1. The van der Waals surface area contributed by atoms with Gasteiger partial charge in [0.25, 0.3) is 15.9 Å². The molecule has 10 heteroatoms. The first-order valence-corrected chi connectivity index (χ1v) is 13.4. The number of anilines is 1. The highest BCUT2D eigenvalue weighted by Gasteiger charge is 2.21. The molecule has 1 aromatic heterocycles. The van der Waals surface area contributed by atoms with Gasteiger partial charge in [-0.1, -0.05) is 6.08 Å². The molecule has 1 saturated heterocycles. The van der Waals surface area contributed by atoms with Gasteiger partial charge < -0.3 is 15.0 Å². The molecule has 1 amide bonds. The van der Waals surface area contributed by atoms with Gasteiger partial charge in [-0.3, -0.25) is 4.79 Å². The molecule has 3 aromatic rings. The number of nitrogens with one attached hydrogen (secondary N) is 1. The first-order chi connectivity index (χ1) is 17.3. The van der Waals surface area contributed by atoms with Gasteiger partial charge in [0.2, 0.25) is 0 Å². The Kier molecular flexibility index (Phi) is 7.54. The number of nitrogens with zero attached hydrogens (tertiary/aromatic N) is 4. The van der Waals surface area contributed by atoms with Crippen LogP contribution in [0, 0.1) is 0 Å². The molecule has 2 heterocycles. The van der Waals surface area contributed by atoms with Gasteiger partial charge in [0.15, 0.2) is 0 Å². The zero-order valence-electron chi connectivity index (χ0n) is 20.3. The van der Waals surface area contributed by atoms with Crippen LogP contribution in [0.4, 0.5) is 5.69 Å². The van der Waals surface area contributed by atoms with Crippen LogP contribution in [0.1, 0.15) is 34.6 Å². The highest BCUT2D eigenvalue weighted by molar-refractivity contribution is 7.89. The van der Waals surface area contributed by atoms with E-state index in [1.54, 1.807) is 60.3 Å². The van der Waals surface area contributed by atoms with Crippen LogP contribution >= 0.6 is 0 Å². The van der Waals surface area contributed by atoms with E-state index in [1.807, 2.05) is 17.0 Å². The van der Waals surface area contributed by atoms with Crippen LogP contribution in [0.25, 0.3) is 5.69 Å². The summed E-state index contributed by atoms with van der Waals surface area (Å²) in [5.74, 6) is 0.807. The van der Waals surface area contributed by atoms with E-state index in [4.69, 9.17) is 4.74 Å². The number of ether oxygens (including phenoxy) is 1. The number of aromatic nitrogens is 2. The van der Waals surface area contributed by atoms with Crippen molar-refractivity contribution in [3.05, 3.63) is 84.2 Å². The van der Waals surface area contributed by atoms with E-state index >= 15 is 0 Å². The normalized spacial score (nSPS) is 14.1. The molecule has 1 aliphatic rings. The highest BCUT2D eigenvalue weighted by Crippen LogP contribution is 2.21. The number of allylic oxidation sites excluding steroid dienone is 1. The Morgan fingerprint density at radius 2 is 1.81 bits per heavy atom. The summed E-state index contributed by atoms with van der Waals surface area (Å²) >= 11 is 0. The Morgan fingerprint density at radius 1 is 1.14 bits per heavy atom. The molecule has 0 aliphatic carbocycles. The molecule has 0 unspecified atom stereocenters. The van der Waals surface area contributed by atoms with Crippen molar-refractivity contribution in [2.75, 3.05) is 31.8 Å². The van der Waals surface area contributed by atoms with Crippen LogP contribution in [-0.2, 0) is 16.4 Å². The van der Waals surface area contributed by atoms with E-state index in [1.165, 1.54) is 0 Å². The average Bonchev–Trinajstić information content (AvgIpc) is 3.54. The molecule has 188 valence electrons. The van der Waals surface area contributed by atoms with Gasteiger partial charge in [0.05, 0.1) is 24.7 Å². The maximum Gasteiger partial charge on any atom is 0.274 e. The first-order valence-electron chi connectivity index (χ1n) is 11.6. The van der Waals surface area contributed by atoms with Gasteiger partial charge in [0.1, 0.15) is 17.3 Å². The maximum absolute atomic E-state index is 13.2. The average molecular weight is 508 g/mol. The highest BCUT2D eigenvalue weighted by atomic mass is 32.2. The molecule has 2 aromatic carbocycles. The molecule has 1 fully saturated rings. The van der Waals surface area contributed by atoms with E-state index in [-0.39, 0.29) is 5.91 Å². The van der Waals surface area contributed by atoms with Gasteiger partial charge in [0, 0.05) is 30.8 Å². The van der Waals surface area contributed by atoms with Crippen molar-refractivity contribution in [1.82, 2.24) is 14.7 Å². The van der Waals surface area contributed by atoms with Crippen LogP contribution < -0.4 is 10.1 Å². The predicted octanol–water partition coefficient (Wildman–Crippen LogP) is 3.66. The van der Waals surface area contributed by atoms with E-state index in [0.717, 1.165) is 37.9 Å². The number of carbonyl (C=O) groups is 1. The monoisotopic (exact) mass is 507 g/mol. The number of carbonyl (C=O) groups excluding carboxylic acids is 1. The lowest BCUT2D eigenvalue weighted by molar-refractivity contribution is 0.101. The number of amides is 1. The fourth-order valence-corrected chi connectivity index (χ4v) is 4.57. The van der Waals surface area contributed by atoms with Gasteiger partial charge in [-0.2, -0.15) is 5.10 Å². The summed E-state index contributed by atoms with van der Waals surface area (Å²) in [6, 6.07) is 16.0. The van der Waals surface area contributed by atoms with Crippen LogP contribution in [0.5, 0.6) is 5.75 Å². The zero-order valence-corrected chi connectivity index (χ0v) is 21.2. The lowest BCUT2D eigenvalue weighted by Gasteiger charge is -2.20. The SMILES string of the molecule is C=CCc1cc(C(=O)Nc2ccc(C(=NS(C)(=O)=O)N3CCCC3)cc2)n(-c2ccc(OC)cc2)n1. The van der Waals surface area contributed by atoms with Crippen molar-refractivity contribution in [2.24, 2.45) is 4.40 Å². The number of benzene rings is 2. The molecule has 0 bridgehead atoms. The van der Waals surface area contributed by atoms with Crippen molar-refractivity contribution < 1.29 is 17.9 Å². The number of amidine groups is 1. The molecule has 0 saturated carbocycles. The first kappa shape index (κ1) is 25.2. The Morgan fingerprint density at radius 3 is 2.39 bits per heavy atom. The lowest BCUT2D eigenvalue weighted by Crippen LogP contribution is -2.29. The molecule has 36 heavy (non-hydrogen) atoms. The third-order valence-corrected chi connectivity index (χ3v) is 6.23. The fraction of sp³-hybridized carbons (Fsp3) is 0.269. The van der Waals surface area contributed by atoms with Crippen molar-refractivity contribution in [3.63, 3.8) is 0 Å². The summed E-state index contributed by atoms with van der Waals surface area (Å²) in [4.78, 5) is 15.2. The Balaban J connectivity index is 1.59. The quantitative estimate of drug-likeness (QED) is 0.283. The van der Waals surface area contributed by atoms with Crippen molar-refractivity contribution in [1.29, 1.82) is 0 Å². The second-order valence-corrected chi connectivity index (χ2v) is 10.1. The molecular weight excluding hydrogens is 478 g/mol. The smallest absolute Gasteiger partial charge is 0.274 e. The van der Waals surface area contributed by atoms with E-state index in [9.17, 15) is 13.2 Å². The molecule has 0 radical (unpaired) electrons. The topological polar surface area (TPSA) is 106 Å². The van der Waals surface area contributed by atoms with Crippen molar-refractivity contribution >= 4 is 27.5 Å². The van der Waals surface area contributed by atoms with E-state index in [0.29, 0.717) is 40.6 Å². The third kappa shape index (κ3) is 6.01. The Bertz CT molecular complexity index is 1370. The Hall–Kier alpha value is -3.92. The molecular formula is C26H29N5O4S. The molecule has 0 spiro atoms. The third-order valence-electron chi connectivity index (χ3n) is 5.72. The zero-order chi connectivity index (χ0) is 25.7. The van der Waals surface area contributed by atoms with E-state index in [2.05, 4.69) is 21.4 Å². The second kappa shape index (κ2) is 10.8. The van der Waals surface area contributed by atoms with Crippen LogP contribution in [-0.4, -0.2) is 61.3 Å². The summed E-state index contributed by atoms with van der Waals surface area (Å²) in [6.07, 6.45) is 5.33. The fourth-order valence-electron chi connectivity index (χ4n) is 4.04. The second-order valence-electron chi connectivity index (χ2n) is 8.50. The lowest BCUT2D eigenvalue weighted by atomic mass is 10.1. The number of sulfonamides is 1. The van der Waals surface area contributed by atoms with Crippen LogP contribution in [0.3, 0.4) is 0 Å². The summed E-state index contributed by atoms with van der Waals surface area (Å²) in [5.41, 5.74) is 3.05. The molecule has 4 rings (SSSR count). The summed E-state index contributed by atoms with van der Waals surface area (Å²) in [5, 5.41) is 7.48. The standard InChI is InChI=1S/C26H29N5O4S/c1-4-7-21-18-24(31(28-21)22-12-14-23(35-2)15-13-22)26(32)27-20-10-8-19(9-11-20)25(29-36(3,33)34)30-16-5-6-17-30/h4,8-15,18H,1,5-7,16-17H2,2-3H3,(H,27,32). The number of hydrogen-bond acceptors (Lipinski definition) is 5. The van der Waals surface area contributed by atoms with Gasteiger partial charge in [-0.05, 0) is 67.4 Å². The minimum Gasteiger partial charge on any atom is -0.497 e. The van der Waals surface area contributed by atoms with E-state index < -0.39 is 10.0 Å². The minimum absolute atomic E-state index is 0.328. The van der Waals surface area contributed by atoms with Crippen molar-refractivity contribution in [2.45, 2.75) is 19.3 Å². The van der Waals surface area contributed by atoms with Gasteiger partial charge in [-0.25, -0.2) is 13.1 Å². The van der Waals surface area contributed by atoms with Crippen molar-refractivity contribution in [3.8, 4) is 11.4 Å². The molecule has 1 N–H and O–H groups in total. The number of rotatable bonds is 8. The molecule has 9 nitrogen and oxygen atoms in total. The number of methoxy groups -OCH3 is 1. The summed E-state index contributed by atoms with van der Waals surface area (Å²) in [7, 11) is -1.97. The predicted molar refractivity (Wildman–Crippen MR) is 141 cm³/mol.